The smallest absolute Gasteiger partial charge is 0.237 e. The molecule has 0 aliphatic carbocycles. The second-order valence-electron chi connectivity index (χ2n) is 7.01. The molecule has 4 rings (SSSR count). The summed E-state index contributed by atoms with van der Waals surface area (Å²) in [5.74, 6) is 0.175. The molecule has 2 unspecified atom stereocenters. The van der Waals surface area contributed by atoms with Crippen molar-refractivity contribution in [3.8, 4) is 5.75 Å². The average Bonchev–Trinajstić information content (AvgIpc) is 3.23. The number of likely N-dealkylation sites (tertiary alicyclic amines) is 1. The van der Waals surface area contributed by atoms with Gasteiger partial charge in [-0.15, -0.1) is 0 Å². The molecule has 2 atom stereocenters. The Hall–Kier alpha value is -2.44. The van der Waals surface area contributed by atoms with Crippen LogP contribution in [0.3, 0.4) is 0 Å². The van der Waals surface area contributed by atoms with Crippen LogP contribution in [0.25, 0.3) is 0 Å². The molecule has 2 aromatic rings. The number of benzene rings is 2. The topological polar surface area (TPSA) is 53.9 Å². The zero-order valence-corrected chi connectivity index (χ0v) is 16.0. The number of rotatable bonds is 6. The van der Waals surface area contributed by atoms with E-state index in [1.807, 2.05) is 24.3 Å². The van der Waals surface area contributed by atoms with Crippen LogP contribution in [0, 0.1) is 0 Å². The Kier molecular flexibility index (Phi) is 5.59. The predicted molar refractivity (Wildman–Crippen MR) is 109 cm³/mol. The van der Waals surface area contributed by atoms with Crippen LogP contribution in [0.1, 0.15) is 17.9 Å². The molecule has 7 heteroatoms. The Bertz CT molecular complexity index is 888. The van der Waals surface area contributed by atoms with Gasteiger partial charge in [0.05, 0.1) is 5.69 Å². The fourth-order valence-corrected chi connectivity index (χ4v) is 3.66. The van der Waals surface area contributed by atoms with Crippen molar-refractivity contribution in [1.29, 1.82) is 0 Å². The van der Waals surface area contributed by atoms with E-state index in [0.717, 1.165) is 35.8 Å². The van der Waals surface area contributed by atoms with Crippen LogP contribution in [0.2, 0.25) is 5.02 Å². The van der Waals surface area contributed by atoms with Crippen LogP contribution in [-0.2, 0) is 4.79 Å². The summed E-state index contributed by atoms with van der Waals surface area (Å²) in [7, 11) is 0. The summed E-state index contributed by atoms with van der Waals surface area (Å²) >= 11 is 6.04. The number of anilines is 1. The fraction of sp³-hybridized carbons (Fsp3) is 0.333. The first-order valence-corrected chi connectivity index (χ1v) is 9.70. The first-order chi connectivity index (χ1) is 13.6. The Balaban J connectivity index is 1.33. The average molecular weight is 402 g/mol. The Morgan fingerprint density at radius 1 is 1.29 bits per heavy atom. The highest BCUT2D eigenvalue weighted by Gasteiger charge is 2.29. The van der Waals surface area contributed by atoms with E-state index in [1.165, 1.54) is 0 Å². The van der Waals surface area contributed by atoms with E-state index >= 15 is 0 Å². The normalized spacial score (nSPS) is 21.9. The quantitative estimate of drug-likeness (QED) is 0.738. The number of hydrogen-bond acceptors (Lipinski definition) is 4. The highest BCUT2D eigenvalue weighted by Crippen LogP contribution is 2.34. The number of alkyl halides is 1. The number of aliphatic imine (C=N–C) groups is 1. The molecule has 2 heterocycles. The number of carbonyl (C=O) groups is 1. The summed E-state index contributed by atoms with van der Waals surface area (Å²) in [5, 5.41) is 3.42. The lowest BCUT2D eigenvalue weighted by Gasteiger charge is -2.14. The van der Waals surface area contributed by atoms with Crippen LogP contribution >= 0.6 is 11.6 Å². The lowest BCUT2D eigenvalue weighted by molar-refractivity contribution is -0.115. The number of carbonyl (C=O) groups excluding carboxylic acids is 1. The third kappa shape index (κ3) is 4.34. The molecule has 146 valence electrons. The molecule has 5 nitrogen and oxygen atoms in total. The van der Waals surface area contributed by atoms with Gasteiger partial charge in [0.15, 0.2) is 0 Å². The van der Waals surface area contributed by atoms with Gasteiger partial charge in [-0.3, -0.25) is 14.7 Å². The van der Waals surface area contributed by atoms with Gasteiger partial charge in [0.1, 0.15) is 24.4 Å². The van der Waals surface area contributed by atoms with Crippen molar-refractivity contribution in [3.63, 3.8) is 0 Å². The highest BCUT2D eigenvalue weighted by molar-refractivity contribution is 6.31. The number of ether oxygens (including phenoxy) is 1. The van der Waals surface area contributed by atoms with E-state index in [9.17, 15) is 9.18 Å². The molecule has 1 N–H and O–H groups in total. The van der Waals surface area contributed by atoms with Gasteiger partial charge in [0, 0.05) is 36.6 Å². The number of halogens is 2. The maximum absolute atomic E-state index is 13.2. The van der Waals surface area contributed by atoms with E-state index < -0.39 is 12.1 Å². The minimum atomic E-state index is -0.706. The summed E-state index contributed by atoms with van der Waals surface area (Å²) < 4.78 is 18.9. The Morgan fingerprint density at radius 3 is 2.86 bits per heavy atom. The lowest BCUT2D eigenvalue weighted by atomic mass is 10.0. The van der Waals surface area contributed by atoms with Gasteiger partial charge in [-0.05, 0) is 54.4 Å². The standard InChI is InChI=1S/C21H21ClFN3O2/c22-14-1-6-20-18(11-14)19(21(27)25-20)12-24-16-2-4-17(5-3-16)28-10-9-26-8-7-15(23)13-26/h1-6,11-12,15,19H,7-10,13H2,(H,25,27). The van der Waals surface area contributed by atoms with Crippen LogP contribution < -0.4 is 10.1 Å². The summed E-state index contributed by atoms with van der Waals surface area (Å²) in [4.78, 5) is 18.7. The minimum Gasteiger partial charge on any atom is -0.492 e. The van der Waals surface area contributed by atoms with E-state index in [-0.39, 0.29) is 5.91 Å². The van der Waals surface area contributed by atoms with Crippen molar-refractivity contribution in [1.82, 2.24) is 4.90 Å². The van der Waals surface area contributed by atoms with E-state index in [2.05, 4.69) is 15.2 Å². The van der Waals surface area contributed by atoms with Crippen LogP contribution in [0.4, 0.5) is 15.8 Å². The molecule has 2 aliphatic heterocycles. The van der Waals surface area contributed by atoms with Crippen molar-refractivity contribution < 1.29 is 13.9 Å². The molecule has 0 radical (unpaired) electrons. The van der Waals surface area contributed by atoms with Crippen LogP contribution in [-0.4, -0.2) is 49.4 Å². The molecule has 1 saturated heterocycles. The molecule has 1 amide bonds. The summed E-state index contributed by atoms with van der Waals surface area (Å²) in [5.41, 5.74) is 2.33. The van der Waals surface area contributed by atoms with Crippen molar-refractivity contribution in [2.45, 2.75) is 18.5 Å². The molecular weight excluding hydrogens is 381 g/mol. The van der Waals surface area contributed by atoms with Gasteiger partial charge >= 0.3 is 0 Å². The largest absolute Gasteiger partial charge is 0.492 e. The number of nitrogens with zero attached hydrogens (tertiary/aromatic N) is 2. The van der Waals surface area contributed by atoms with E-state index in [0.29, 0.717) is 24.6 Å². The zero-order valence-electron chi connectivity index (χ0n) is 15.3. The van der Waals surface area contributed by atoms with Crippen molar-refractivity contribution in [2.75, 3.05) is 31.6 Å². The van der Waals surface area contributed by atoms with Crippen molar-refractivity contribution in [2.24, 2.45) is 4.99 Å². The maximum atomic E-state index is 13.2. The van der Waals surface area contributed by atoms with Crippen molar-refractivity contribution in [3.05, 3.63) is 53.1 Å². The molecule has 0 spiro atoms. The summed E-state index contributed by atoms with van der Waals surface area (Å²) in [6.07, 6.45) is 1.54. The molecular formula is C21H21ClFN3O2. The Morgan fingerprint density at radius 2 is 2.11 bits per heavy atom. The van der Waals surface area contributed by atoms with Gasteiger partial charge in [-0.2, -0.15) is 0 Å². The fourth-order valence-electron chi connectivity index (χ4n) is 3.47. The van der Waals surface area contributed by atoms with Crippen molar-refractivity contribution >= 4 is 35.1 Å². The number of hydrogen-bond donors (Lipinski definition) is 1. The van der Waals surface area contributed by atoms with Gasteiger partial charge < -0.3 is 10.1 Å². The summed E-state index contributed by atoms with van der Waals surface area (Å²) in [6.45, 7) is 2.54. The monoisotopic (exact) mass is 401 g/mol. The number of fused-ring (bicyclic) bond motifs is 1. The van der Waals surface area contributed by atoms with Crippen LogP contribution in [0.15, 0.2) is 47.5 Å². The predicted octanol–water partition coefficient (Wildman–Crippen LogP) is 4.20. The molecule has 28 heavy (non-hydrogen) atoms. The van der Waals surface area contributed by atoms with Gasteiger partial charge in [0.2, 0.25) is 5.91 Å². The molecule has 0 saturated carbocycles. The first-order valence-electron chi connectivity index (χ1n) is 9.32. The second kappa shape index (κ2) is 8.29. The van der Waals surface area contributed by atoms with E-state index in [1.54, 1.807) is 24.4 Å². The third-order valence-electron chi connectivity index (χ3n) is 4.99. The summed E-state index contributed by atoms with van der Waals surface area (Å²) in [6, 6.07) is 12.7. The highest BCUT2D eigenvalue weighted by atomic mass is 35.5. The zero-order chi connectivity index (χ0) is 19.5. The molecule has 2 aliphatic rings. The molecule has 1 fully saturated rings. The van der Waals surface area contributed by atoms with E-state index in [4.69, 9.17) is 16.3 Å². The lowest BCUT2D eigenvalue weighted by Crippen LogP contribution is -2.26. The molecule has 2 aromatic carbocycles. The number of nitrogens with one attached hydrogen (secondary N) is 1. The van der Waals surface area contributed by atoms with Gasteiger partial charge in [0.25, 0.3) is 0 Å². The van der Waals surface area contributed by atoms with Crippen LogP contribution in [0.5, 0.6) is 5.75 Å². The third-order valence-corrected chi connectivity index (χ3v) is 5.22. The van der Waals surface area contributed by atoms with Gasteiger partial charge in [-0.25, -0.2) is 4.39 Å². The maximum Gasteiger partial charge on any atom is 0.237 e. The number of amides is 1. The first kappa shape index (κ1) is 18.9. The SMILES string of the molecule is O=C1Nc2ccc(Cl)cc2C1C=Nc1ccc(OCCN2CCC(F)C2)cc1. The Labute approximate surface area is 168 Å². The molecule has 0 aromatic heterocycles. The minimum absolute atomic E-state index is 0.113. The molecule has 0 bridgehead atoms. The van der Waals surface area contributed by atoms with Gasteiger partial charge in [-0.1, -0.05) is 11.6 Å². The second-order valence-corrected chi connectivity index (χ2v) is 7.44.